The molecule has 0 heterocycles. The summed E-state index contributed by atoms with van der Waals surface area (Å²) in [7, 11) is 0. The number of rotatable bonds is 31. The van der Waals surface area contributed by atoms with Gasteiger partial charge in [0, 0.05) is 34.0 Å². The van der Waals surface area contributed by atoms with Gasteiger partial charge in [-0.3, -0.25) is 4.79 Å². The lowest BCUT2D eigenvalue weighted by atomic mass is 9.94. The van der Waals surface area contributed by atoms with E-state index in [1.54, 1.807) is 13.8 Å². The Balaban J connectivity index is 4.88. The average Bonchev–Trinajstić information content (AvgIpc) is 3.10. The second-order valence-corrected chi connectivity index (χ2v) is 13.2. The fraction of sp³-hybridized carbons (Fsp3) is 0.694. The Hall–Kier alpha value is -3.71. The standard InChI is InChI=1S/C36H58O17/c1-26(2)30(40)50-10-9-36(44,33(43)53-18-14-48-25-35(8,21-38)24-47-13-17-52-32(42)28(5)6)19-29(39)49-15-11-45-22-34(7,20-37)23-46-12-16-51-31(41)27(3)4/h37-38,44H,1,3,5,9-25H2,2,4,6-8H3. The molecule has 304 valence electrons. The van der Waals surface area contributed by atoms with Gasteiger partial charge in [0.05, 0.1) is 79.1 Å². The summed E-state index contributed by atoms with van der Waals surface area (Å²) in [5.41, 5.74) is -3.48. The molecular formula is C36H58O17. The van der Waals surface area contributed by atoms with Crippen molar-refractivity contribution < 1.29 is 81.9 Å². The SMILES string of the molecule is C=C(C)C(=O)OCCOCC(C)(CO)COCCOC(=O)CC(O)(CCOC(=O)C(=C)C)C(=O)OCCOCC(C)(CO)COCCOC(=O)C(=C)C. The van der Waals surface area contributed by atoms with Crippen LogP contribution in [0.1, 0.15) is 47.5 Å². The van der Waals surface area contributed by atoms with Gasteiger partial charge in [0.25, 0.3) is 0 Å². The fourth-order valence-electron chi connectivity index (χ4n) is 3.70. The van der Waals surface area contributed by atoms with E-state index in [9.17, 15) is 39.3 Å². The summed E-state index contributed by atoms with van der Waals surface area (Å²) in [5, 5.41) is 30.7. The van der Waals surface area contributed by atoms with Crippen LogP contribution in [0.5, 0.6) is 0 Å². The van der Waals surface area contributed by atoms with Crippen molar-refractivity contribution in [1.29, 1.82) is 0 Å². The van der Waals surface area contributed by atoms with Crippen LogP contribution >= 0.6 is 0 Å². The third-order valence-electron chi connectivity index (χ3n) is 7.05. The Morgan fingerprint density at radius 1 is 0.509 bits per heavy atom. The number of esters is 5. The van der Waals surface area contributed by atoms with Crippen LogP contribution in [-0.4, -0.2) is 150 Å². The highest BCUT2D eigenvalue weighted by atomic mass is 16.6. The minimum absolute atomic E-state index is 0.000425. The summed E-state index contributed by atoms with van der Waals surface area (Å²) in [5.74, 6) is -4.00. The van der Waals surface area contributed by atoms with E-state index in [4.69, 9.17) is 42.6 Å². The van der Waals surface area contributed by atoms with Crippen molar-refractivity contribution >= 4 is 29.8 Å². The van der Waals surface area contributed by atoms with Crippen LogP contribution < -0.4 is 0 Å². The van der Waals surface area contributed by atoms with E-state index in [0.717, 1.165) is 0 Å². The third-order valence-corrected chi connectivity index (χ3v) is 7.05. The lowest BCUT2D eigenvalue weighted by Gasteiger charge is -2.27. The molecule has 3 N–H and O–H groups in total. The van der Waals surface area contributed by atoms with Crippen molar-refractivity contribution in [2.45, 2.75) is 53.1 Å². The zero-order valence-corrected chi connectivity index (χ0v) is 31.7. The molecule has 0 spiro atoms. The number of aliphatic hydroxyl groups is 3. The topological polar surface area (TPSA) is 229 Å². The molecule has 0 aromatic carbocycles. The first-order valence-electron chi connectivity index (χ1n) is 16.9. The first-order chi connectivity index (χ1) is 24.8. The van der Waals surface area contributed by atoms with Gasteiger partial charge >= 0.3 is 29.8 Å². The molecule has 0 saturated carbocycles. The maximum absolute atomic E-state index is 12.9. The van der Waals surface area contributed by atoms with Gasteiger partial charge in [-0.1, -0.05) is 33.6 Å². The third kappa shape index (κ3) is 22.2. The average molecular weight is 763 g/mol. The van der Waals surface area contributed by atoms with Gasteiger partial charge in [0.15, 0.2) is 5.60 Å². The second kappa shape index (κ2) is 26.1. The molecule has 3 atom stereocenters. The number of aliphatic hydroxyl groups excluding tert-OH is 2. The second-order valence-electron chi connectivity index (χ2n) is 13.2. The highest BCUT2D eigenvalue weighted by Gasteiger charge is 2.41. The first-order valence-corrected chi connectivity index (χ1v) is 16.9. The monoisotopic (exact) mass is 762 g/mol. The van der Waals surface area contributed by atoms with Crippen LogP contribution in [0.25, 0.3) is 0 Å². The van der Waals surface area contributed by atoms with Crippen LogP contribution in [0, 0.1) is 10.8 Å². The normalized spacial score (nSPS) is 14.4. The molecule has 0 aliphatic rings. The van der Waals surface area contributed by atoms with E-state index in [2.05, 4.69) is 19.7 Å². The molecule has 0 rings (SSSR count). The summed E-state index contributed by atoms with van der Waals surface area (Å²) in [4.78, 5) is 60.2. The largest absolute Gasteiger partial charge is 0.463 e. The maximum Gasteiger partial charge on any atom is 0.338 e. The number of ether oxygens (including phenoxy) is 9. The highest BCUT2D eigenvalue weighted by Crippen LogP contribution is 2.21. The van der Waals surface area contributed by atoms with Crippen molar-refractivity contribution in [2.24, 2.45) is 10.8 Å². The smallest absolute Gasteiger partial charge is 0.338 e. The van der Waals surface area contributed by atoms with Crippen molar-refractivity contribution in [3.8, 4) is 0 Å². The molecule has 0 aliphatic heterocycles. The van der Waals surface area contributed by atoms with Crippen LogP contribution in [-0.2, 0) is 66.6 Å². The quantitative estimate of drug-likeness (QED) is 0.0387. The lowest BCUT2D eigenvalue weighted by molar-refractivity contribution is -0.177. The molecular weight excluding hydrogens is 704 g/mol. The van der Waals surface area contributed by atoms with E-state index >= 15 is 0 Å². The Morgan fingerprint density at radius 2 is 0.830 bits per heavy atom. The zero-order chi connectivity index (χ0) is 40.5. The molecule has 0 saturated heterocycles. The maximum atomic E-state index is 12.9. The molecule has 3 unspecified atom stereocenters. The molecule has 0 aliphatic carbocycles. The summed E-state index contributed by atoms with van der Waals surface area (Å²) >= 11 is 0. The van der Waals surface area contributed by atoms with Gasteiger partial charge in [-0.15, -0.1) is 0 Å². The zero-order valence-electron chi connectivity index (χ0n) is 31.7. The van der Waals surface area contributed by atoms with Gasteiger partial charge in [-0.05, 0) is 20.8 Å². The predicted molar refractivity (Wildman–Crippen MR) is 187 cm³/mol. The van der Waals surface area contributed by atoms with Crippen LogP contribution in [0.15, 0.2) is 36.5 Å². The van der Waals surface area contributed by atoms with Crippen molar-refractivity contribution in [1.82, 2.24) is 0 Å². The lowest BCUT2D eigenvalue weighted by Crippen LogP contribution is -2.44. The summed E-state index contributed by atoms with van der Waals surface area (Å²) < 4.78 is 47.2. The Kier molecular flexibility index (Phi) is 24.3. The number of carbonyl (C=O) groups is 5. The molecule has 17 nitrogen and oxygen atoms in total. The van der Waals surface area contributed by atoms with Gasteiger partial charge in [-0.2, -0.15) is 0 Å². The Labute approximate surface area is 311 Å². The van der Waals surface area contributed by atoms with E-state index in [1.807, 2.05) is 0 Å². The van der Waals surface area contributed by atoms with Gasteiger partial charge < -0.3 is 58.0 Å². The van der Waals surface area contributed by atoms with Crippen molar-refractivity contribution in [3.05, 3.63) is 36.5 Å². The van der Waals surface area contributed by atoms with Crippen LogP contribution in [0.2, 0.25) is 0 Å². The number of carbonyl (C=O) groups excluding carboxylic acids is 5. The minimum atomic E-state index is -2.43. The summed E-state index contributed by atoms with van der Waals surface area (Å²) in [6, 6.07) is 0. The molecule has 0 aromatic rings. The molecule has 0 radical (unpaired) electrons. The van der Waals surface area contributed by atoms with Gasteiger partial charge in [0.2, 0.25) is 0 Å². The van der Waals surface area contributed by atoms with E-state index in [-0.39, 0.29) is 109 Å². The van der Waals surface area contributed by atoms with Crippen molar-refractivity contribution in [2.75, 3.05) is 99.1 Å². The predicted octanol–water partition coefficient (Wildman–Crippen LogP) is 1.01. The molecule has 0 aromatic heterocycles. The van der Waals surface area contributed by atoms with Crippen molar-refractivity contribution in [3.63, 3.8) is 0 Å². The van der Waals surface area contributed by atoms with E-state index in [0.29, 0.717) is 0 Å². The molecule has 0 fully saturated rings. The highest BCUT2D eigenvalue weighted by molar-refractivity contribution is 5.88. The number of hydrogen-bond donors (Lipinski definition) is 3. The fourth-order valence-corrected chi connectivity index (χ4v) is 3.70. The number of hydrogen-bond acceptors (Lipinski definition) is 17. The molecule has 17 heteroatoms. The first kappa shape index (κ1) is 49.3. The minimum Gasteiger partial charge on any atom is -0.463 e. The summed E-state index contributed by atoms with van der Waals surface area (Å²) in [6.07, 6.45) is -1.34. The van der Waals surface area contributed by atoms with Gasteiger partial charge in [0.1, 0.15) is 26.4 Å². The van der Waals surface area contributed by atoms with Gasteiger partial charge in [-0.25, -0.2) is 19.2 Å². The summed E-state index contributed by atoms with van der Waals surface area (Å²) in [6.45, 7) is 16.8. The molecule has 0 bridgehead atoms. The van der Waals surface area contributed by atoms with Crippen LogP contribution in [0.4, 0.5) is 0 Å². The molecule has 0 amide bonds. The Bertz CT molecular complexity index is 1220. The Morgan fingerprint density at radius 3 is 1.17 bits per heavy atom. The van der Waals surface area contributed by atoms with E-state index in [1.165, 1.54) is 20.8 Å². The van der Waals surface area contributed by atoms with Crippen LogP contribution in [0.3, 0.4) is 0 Å². The van der Waals surface area contributed by atoms with E-state index < -0.39 is 65.7 Å². The molecule has 53 heavy (non-hydrogen) atoms.